The number of hydrogen-bond donors (Lipinski definition) is 1. The Morgan fingerprint density at radius 1 is 1.41 bits per heavy atom. The van der Waals surface area contributed by atoms with Crippen LogP contribution in [0.4, 0.5) is 0 Å². The number of nitrogens with one attached hydrogen (secondary N) is 1. The lowest BCUT2D eigenvalue weighted by molar-refractivity contribution is 0.190. The standard InChI is InChI=1S/C15H23N5OS/c1-15(2,3)14-17-10(9-22-14)7-12-18-13(19-21-12)11-8-16-5-6-20(11)4/h9,11,16H,5-8H2,1-4H3. The van der Waals surface area contributed by atoms with E-state index in [0.717, 1.165) is 36.2 Å². The quantitative estimate of drug-likeness (QED) is 0.932. The Bertz CT molecular complexity index is 630. The van der Waals surface area contributed by atoms with Gasteiger partial charge in [-0.3, -0.25) is 4.90 Å². The molecule has 1 N–H and O–H groups in total. The molecular formula is C15H23N5OS. The van der Waals surface area contributed by atoms with Crippen LogP contribution in [-0.2, 0) is 11.8 Å². The topological polar surface area (TPSA) is 67.1 Å². The van der Waals surface area contributed by atoms with Gasteiger partial charge in [-0.05, 0) is 7.05 Å². The largest absolute Gasteiger partial charge is 0.339 e. The molecule has 1 aliphatic rings. The first-order chi connectivity index (χ1) is 10.4. The first-order valence-electron chi connectivity index (χ1n) is 7.62. The van der Waals surface area contributed by atoms with E-state index in [1.165, 1.54) is 0 Å². The molecule has 6 nitrogen and oxygen atoms in total. The molecule has 1 unspecified atom stereocenters. The maximum atomic E-state index is 5.41. The minimum absolute atomic E-state index is 0.0827. The highest BCUT2D eigenvalue weighted by atomic mass is 32.1. The molecule has 22 heavy (non-hydrogen) atoms. The lowest BCUT2D eigenvalue weighted by Crippen LogP contribution is -2.44. The molecule has 1 fully saturated rings. The maximum absolute atomic E-state index is 5.41. The highest BCUT2D eigenvalue weighted by Crippen LogP contribution is 2.26. The molecule has 1 atom stereocenters. The Balaban J connectivity index is 1.70. The molecule has 0 spiro atoms. The zero-order valence-corrected chi connectivity index (χ0v) is 14.4. The van der Waals surface area contributed by atoms with Crippen LogP contribution in [0.3, 0.4) is 0 Å². The summed E-state index contributed by atoms with van der Waals surface area (Å²) in [5.74, 6) is 1.40. The normalized spacial score (nSPS) is 20.5. The molecule has 3 heterocycles. The molecule has 120 valence electrons. The Morgan fingerprint density at radius 3 is 2.91 bits per heavy atom. The Hall–Kier alpha value is -1.31. The van der Waals surface area contributed by atoms with Crippen molar-refractivity contribution in [3.05, 3.63) is 27.8 Å². The number of rotatable bonds is 3. The molecule has 7 heteroatoms. The molecule has 0 aromatic carbocycles. The van der Waals surface area contributed by atoms with Gasteiger partial charge in [0.25, 0.3) is 0 Å². The Labute approximate surface area is 134 Å². The van der Waals surface area contributed by atoms with Crippen molar-refractivity contribution in [1.29, 1.82) is 0 Å². The van der Waals surface area contributed by atoms with E-state index < -0.39 is 0 Å². The number of likely N-dealkylation sites (N-methyl/N-ethyl adjacent to an activating group) is 1. The third-order valence-electron chi connectivity index (χ3n) is 3.82. The number of piperazine rings is 1. The van der Waals surface area contributed by atoms with Crippen molar-refractivity contribution in [2.24, 2.45) is 0 Å². The highest BCUT2D eigenvalue weighted by molar-refractivity contribution is 7.09. The molecule has 0 amide bonds. The smallest absolute Gasteiger partial charge is 0.232 e. The monoisotopic (exact) mass is 321 g/mol. The summed E-state index contributed by atoms with van der Waals surface area (Å²) in [6.45, 7) is 9.38. The van der Waals surface area contributed by atoms with E-state index in [0.29, 0.717) is 12.3 Å². The van der Waals surface area contributed by atoms with Gasteiger partial charge in [0.05, 0.1) is 23.2 Å². The van der Waals surface area contributed by atoms with Gasteiger partial charge in [-0.2, -0.15) is 4.98 Å². The first-order valence-corrected chi connectivity index (χ1v) is 8.50. The lowest BCUT2D eigenvalue weighted by Gasteiger charge is -2.30. The summed E-state index contributed by atoms with van der Waals surface area (Å²) in [4.78, 5) is 11.5. The number of hydrogen-bond acceptors (Lipinski definition) is 7. The van der Waals surface area contributed by atoms with Gasteiger partial charge in [0.2, 0.25) is 5.89 Å². The second kappa shape index (κ2) is 6.06. The fourth-order valence-electron chi connectivity index (χ4n) is 2.46. The average molecular weight is 321 g/mol. The summed E-state index contributed by atoms with van der Waals surface area (Å²) >= 11 is 1.69. The van der Waals surface area contributed by atoms with Crippen molar-refractivity contribution in [3.8, 4) is 0 Å². The van der Waals surface area contributed by atoms with Crippen LogP contribution in [0.1, 0.15) is 49.2 Å². The van der Waals surface area contributed by atoms with Crippen LogP contribution >= 0.6 is 11.3 Å². The van der Waals surface area contributed by atoms with E-state index in [2.05, 4.69) is 58.5 Å². The van der Waals surface area contributed by atoms with Gasteiger partial charge < -0.3 is 9.84 Å². The molecule has 2 aromatic heterocycles. The Kier molecular flexibility index (Phi) is 4.29. The van der Waals surface area contributed by atoms with Crippen molar-refractivity contribution in [2.75, 3.05) is 26.7 Å². The summed E-state index contributed by atoms with van der Waals surface area (Å²) in [5, 5.41) is 10.7. The first kappa shape index (κ1) is 15.6. The van der Waals surface area contributed by atoms with E-state index in [-0.39, 0.29) is 11.5 Å². The number of thiazole rings is 1. The van der Waals surface area contributed by atoms with Gasteiger partial charge in [-0.1, -0.05) is 25.9 Å². The lowest BCUT2D eigenvalue weighted by atomic mass is 9.98. The predicted octanol–water partition coefficient (Wildman–Crippen LogP) is 1.99. The number of nitrogens with zero attached hydrogens (tertiary/aromatic N) is 4. The van der Waals surface area contributed by atoms with Gasteiger partial charge in [0.1, 0.15) is 0 Å². The number of aromatic nitrogens is 3. The zero-order valence-electron chi connectivity index (χ0n) is 13.6. The van der Waals surface area contributed by atoms with Gasteiger partial charge in [-0.25, -0.2) is 4.98 Å². The van der Waals surface area contributed by atoms with Crippen LogP contribution in [0.5, 0.6) is 0 Å². The van der Waals surface area contributed by atoms with Crippen LogP contribution in [0.15, 0.2) is 9.90 Å². The highest BCUT2D eigenvalue weighted by Gasteiger charge is 2.25. The molecule has 1 aliphatic heterocycles. The molecular weight excluding hydrogens is 298 g/mol. The second-order valence-corrected chi connectivity index (χ2v) is 7.68. The van der Waals surface area contributed by atoms with Crippen LogP contribution in [0.2, 0.25) is 0 Å². The minimum atomic E-state index is 0.0827. The third kappa shape index (κ3) is 3.37. The predicted molar refractivity (Wildman–Crippen MR) is 86.2 cm³/mol. The molecule has 0 bridgehead atoms. The molecule has 0 aliphatic carbocycles. The van der Waals surface area contributed by atoms with E-state index in [1.807, 2.05) is 0 Å². The maximum Gasteiger partial charge on any atom is 0.232 e. The van der Waals surface area contributed by atoms with Crippen LogP contribution < -0.4 is 5.32 Å². The summed E-state index contributed by atoms with van der Waals surface area (Å²) in [5.41, 5.74) is 1.08. The van der Waals surface area contributed by atoms with E-state index in [9.17, 15) is 0 Å². The fourth-order valence-corrected chi connectivity index (χ4v) is 3.36. The van der Waals surface area contributed by atoms with Gasteiger partial charge >= 0.3 is 0 Å². The van der Waals surface area contributed by atoms with Crippen molar-refractivity contribution in [2.45, 2.75) is 38.6 Å². The van der Waals surface area contributed by atoms with E-state index in [1.54, 1.807) is 11.3 Å². The van der Waals surface area contributed by atoms with E-state index >= 15 is 0 Å². The average Bonchev–Trinajstić information content (AvgIpc) is 3.09. The summed E-state index contributed by atoms with van der Waals surface area (Å²) < 4.78 is 5.41. The van der Waals surface area contributed by atoms with Crippen LogP contribution in [-0.4, -0.2) is 46.7 Å². The van der Waals surface area contributed by atoms with Gasteiger partial charge in [0, 0.05) is 30.4 Å². The zero-order chi connectivity index (χ0) is 15.7. The molecule has 0 saturated carbocycles. The van der Waals surface area contributed by atoms with Crippen LogP contribution in [0, 0.1) is 0 Å². The summed E-state index contributed by atoms with van der Waals surface area (Å²) in [6, 6.07) is 0.187. The second-order valence-electron chi connectivity index (χ2n) is 6.82. The SMILES string of the molecule is CN1CCNCC1c1noc(Cc2csc(C(C)(C)C)n2)n1. The van der Waals surface area contributed by atoms with Gasteiger partial charge in [0.15, 0.2) is 5.82 Å². The molecule has 0 radical (unpaired) electrons. The Morgan fingerprint density at radius 2 is 2.23 bits per heavy atom. The fraction of sp³-hybridized carbons (Fsp3) is 0.667. The van der Waals surface area contributed by atoms with Crippen molar-refractivity contribution in [1.82, 2.24) is 25.3 Å². The molecule has 1 saturated heterocycles. The summed E-state index contributed by atoms with van der Waals surface area (Å²) in [6.07, 6.45) is 0.601. The van der Waals surface area contributed by atoms with Crippen molar-refractivity contribution in [3.63, 3.8) is 0 Å². The van der Waals surface area contributed by atoms with Crippen molar-refractivity contribution >= 4 is 11.3 Å². The third-order valence-corrected chi connectivity index (χ3v) is 5.14. The van der Waals surface area contributed by atoms with Crippen LogP contribution in [0.25, 0.3) is 0 Å². The molecule has 2 aromatic rings. The molecule has 3 rings (SSSR count). The van der Waals surface area contributed by atoms with E-state index in [4.69, 9.17) is 4.52 Å². The van der Waals surface area contributed by atoms with Gasteiger partial charge in [-0.15, -0.1) is 11.3 Å². The van der Waals surface area contributed by atoms with Crippen molar-refractivity contribution < 1.29 is 4.52 Å². The summed E-state index contributed by atoms with van der Waals surface area (Å²) in [7, 11) is 2.09. The minimum Gasteiger partial charge on any atom is -0.339 e.